The number of nitrogen functional groups attached to an aromatic ring is 1. The minimum absolute atomic E-state index is 0.160. The maximum Gasteiger partial charge on any atom is 0.410 e. The lowest BCUT2D eigenvalue weighted by molar-refractivity contribution is 0.0138. The average Bonchev–Trinajstić information content (AvgIpc) is 2.45. The van der Waals surface area contributed by atoms with Crippen molar-refractivity contribution in [2.75, 3.05) is 25.4 Å². The summed E-state index contributed by atoms with van der Waals surface area (Å²) in [6.45, 7) is 7.14. The summed E-state index contributed by atoms with van der Waals surface area (Å²) >= 11 is 0. The van der Waals surface area contributed by atoms with Crippen molar-refractivity contribution >= 4 is 11.8 Å². The molecule has 1 aromatic rings. The van der Waals surface area contributed by atoms with Gasteiger partial charge in [0, 0.05) is 30.8 Å². The van der Waals surface area contributed by atoms with Crippen molar-refractivity contribution in [1.82, 2.24) is 4.90 Å². The van der Waals surface area contributed by atoms with Gasteiger partial charge in [-0.1, -0.05) is 0 Å². The number of hydrogen-bond acceptors (Lipinski definition) is 4. The molecular weight excluding hydrogens is 299 g/mol. The highest BCUT2D eigenvalue weighted by molar-refractivity contribution is 5.68. The van der Waals surface area contributed by atoms with Gasteiger partial charge < -0.3 is 20.1 Å². The number of carbonyl (C=O) groups is 1. The Morgan fingerprint density at radius 3 is 2.83 bits per heavy atom. The zero-order valence-corrected chi connectivity index (χ0v) is 14.0. The van der Waals surface area contributed by atoms with Gasteiger partial charge in [0.15, 0.2) is 11.6 Å². The number of amides is 1. The van der Waals surface area contributed by atoms with Crippen LogP contribution in [0.25, 0.3) is 0 Å². The standard InChI is InChI=1S/C17H25FN2O3/c1-17(2,3)23-16(21)20-8-4-5-12(10-20)11-22-15-7-6-13(19)9-14(15)18/h6-7,9,12H,4-5,8,10-11,19H2,1-3H3. The molecule has 1 aliphatic heterocycles. The summed E-state index contributed by atoms with van der Waals surface area (Å²) in [5, 5.41) is 0. The minimum atomic E-state index is -0.506. The van der Waals surface area contributed by atoms with E-state index >= 15 is 0 Å². The lowest BCUT2D eigenvalue weighted by atomic mass is 9.99. The van der Waals surface area contributed by atoms with Crippen molar-refractivity contribution in [1.29, 1.82) is 0 Å². The van der Waals surface area contributed by atoms with E-state index in [2.05, 4.69) is 0 Å². The monoisotopic (exact) mass is 324 g/mol. The summed E-state index contributed by atoms with van der Waals surface area (Å²) in [5.41, 5.74) is 5.37. The molecule has 1 aliphatic rings. The van der Waals surface area contributed by atoms with Crippen LogP contribution in [0.15, 0.2) is 18.2 Å². The van der Waals surface area contributed by atoms with Gasteiger partial charge in [-0.3, -0.25) is 0 Å². The number of anilines is 1. The molecule has 1 heterocycles. The zero-order valence-electron chi connectivity index (χ0n) is 14.0. The lowest BCUT2D eigenvalue weighted by Crippen LogP contribution is -2.44. The topological polar surface area (TPSA) is 64.8 Å². The van der Waals surface area contributed by atoms with Crippen LogP contribution in [0.5, 0.6) is 5.75 Å². The number of nitrogens with two attached hydrogens (primary N) is 1. The SMILES string of the molecule is CC(C)(C)OC(=O)N1CCCC(COc2ccc(N)cc2F)C1. The van der Waals surface area contributed by atoms with Gasteiger partial charge in [-0.25, -0.2) is 9.18 Å². The van der Waals surface area contributed by atoms with E-state index < -0.39 is 11.4 Å². The highest BCUT2D eigenvalue weighted by Gasteiger charge is 2.28. The number of ether oxygens (including phenoxy) is 2. The molecule has 5 nitrogen and oxygen atoms in total. The van der Waals surface area contributed by atoms with Gasteiger partial charge in [0.2, 0.25) is 0 Å². The number of halogens is 1. The second-order valence-electron chi connectivity index (χ2n) is 6.94. The molecule has 6 heteroatoms. The Hall–Kier alpha value is -1.98. The average molecular weight is 324 g/mol. The first-order valence-corrected chi connectivity index (χ1v) is 7.90. The molecule has 1 saturated heterocycles. The molecule has 0 aliphatic carbocycles. The summed E-state index contributed by atoms with van der Waals surface area (Å²) in [7, 11) is 0. The van der Waals surface area contributed by atoms with E-state index in [1.54, 1.807) is 11.0 Å². The highest BCUT2D eigenvalue weighted by Crippen LogP contribution is 2.23. The second-order valence-corrected chi connectivity index (χ2v) is 6.94. The number of hydrogen-bond donors (Lipinski definition) is 1. The Balaban J connectivity index is 1.87. The van der Waals surface area contributed by atoms with Crippen molar-refractivity contribution in [3.8, 4) is 5.75 Å². The van der Waals surface area contributed by atoms with Crippen LogP contribution in [0.4, 0.5) is 14.9 Å². The Kier molecular flexibility index (Phi) is 5.34. The number of benzene rings is 1. The van der Waals surface area contributed by atoms with Crippen LogP contribution >= 0.6 is 0 Å². The number of piperidine rings is 1. The summed E-state index contributed by atoms with van der Waals surface area (Å²) in [6, 6.07) is 4.37. The first-order valence-electron chi connectivity index (χ1n) is 7.90. The van der Waals surface area contributed by atoms with Crippen LogP contribution in [-0.4, -0.2) is 36.3 Å². The Morgan fingerprint density at radius 2 is 2.17 bits per heavy atom. The quantitative estimate of drug-likeness (QED) is 0.865. The van der Waals surface area contributed by atoms with Gasteiger partial charge in [-0.2, -0.15) is 0 Å². The van der Waals surface area contributed by atoms with Crippen molar-refractivity contribution in [3.63, 3.8) is 0 Å². The molecule has 0 radical (unpaired) electrons. The van der Waals surface area contributed by atoms with E-state index in [1.807, 2.05) is 20.8 Å². The van der Waals surface area contributed by atoms with Gasteiger partial charge in [0.1, 0.15) is 5.60 Å². The summed E-state index contributed by atoms with van der Waals surface area (Å²) in [5.74, 6) is -0.119. The third kappa shape index (κ3) is 5.30. The predicted octanol–water partition coefficient (Wildman–Crippen LogP) is 3.43. The van der Waals surface area contributed by atoms with Crippen LogP contribution < -0.4 is 10.5 Å². The molecule has 1 fully saturated rings. The molecule has 1 atom stereocenters. The van der Waals surface area contributed by atoms with Gasteiger partial charge in [0.25, 0.3) is 0 Å². The number of nitrogens with zero attached hydrogens (tertiary/aromatic N) is 1. The molecule has 1 aromatic carbocycles. The molecule has 0 aromatic heterocycles. The minimum Gasteiger partial charge on any atom is -0.490 e. The van der Waals surface area contributed by atoms with Gasteiger partial charge >= 0.3 is 6.09 Å². The first kappa shape index (κ1) is 17.4. The van der Waals surface area contributed by atoms with Crippen LogP contribution in [0, 0.1) is 11.7 Å². The lowest BCUT2D eigenvalue weighted by Gasteiger charge is -2.34. The molecule has 2 rings (SSSR count). The van der Waals surface area contributed by atoms with Crippen LogP contribution in [0.1, 0.15) is 33.6 Å². The van der Waals surface area contributed by atoms with E-state index in [-0.39, 0.29) is 17.8 Å². The van der Waals surface area contributed by atoms with Crippen molar-refractivity contribution < 1.29 is 18.7 Å². The predicted molar refractivity (Wildman–Crippen MR) is 86.8 cm³/mol. The molecule has 128 valence electrons. The largest absolute Gasteiger partial charge is 0.490 e. The fourth-order valence-corrected chi connectivity index (χ4v) is 2.54. The third-order valence-electron chi connectivity index (χ3n) is 3.60. The summed E-state index contributed by atoms with van der Waals surface area (Å²) < 4.78 is 24.6. The Bertz CT molecular complexity index is 557. The molecule has 0 spiro atoms. The fraction of sp³-hybridized carbons (Fsp3) is 0.588. The van der Waals surface area contributed by atoms with Crippen LogP contribution in [-0.2, 0) is 4.74 Å². The normalized spacial score (nSPS) is 18.6. The van der Waals surface area contributed by atoms with Crippen molar-refractivity contribution in [2.24, 2.45) is 5.92 Å². The first-order chi connectivity index (χ1) is 10.7. The number of carbonyl (C=O) groups excluding carboxylic acids is 1. The van der Waals surface area contributed by atoms with Crippen molar-refractivity contribution in [3.05, 3.63) is 24.0 Å². The molecule has 1 unspecified atom stereocenters. The second kappa shape index (κ2) is 7.06. The van der Waals surface area contributed by atoms with Gasteiger partial charge in [-0.15, -0.1) is 0 Å². The maximum atomic E-state index is 13.7. The van der Waals surface area contributed by atoms with Crippen molar-refractivity contribution in [2.45, 2.75) is 39.2 Å². The van der Waals surface area contributed by atoms with E-state index in [1.165, 1.54) is 12.1 Å². The molecule has 2 N–H and O–H groups in total. The Morgan fingerprint density at radius 1 is 1.43 bits per heavy atom. The molecule has 0 saturated carbocycles. The molecule has 1 amide bonds. The smallest absolute Gasteiger partial charge is 0.410 e. The molecule has 0 bridgehead atoms. The zero-order chi connectivity index (χ0) is 17.0. The van der Waals surface area contributed by atoms with Gasteiger partial charge in [-0.05, 0) is 45.7 Å². The van der Waals surface area contributed by atoms with Crippen LogP contribution in [0.2, 0.25) is 0 Å². The van der Waals surface area contributed by atoms with Gasteiger partial charge in [0.05, 0.1) is 6.61 Å². The fourth-order valence-electron chi connectivity index (χ4n) is 2.54. The molecular formula is C17H25FN2O3. The van der Waals surface area contributed by atoms with Crippen LogP contribution in [0.3, 0.4) is 0 Å². The maximum absolute atomic E-state index is 13.7. The van der Waals surface area contributed by atoms with E-state index in [0.717, 1.165) is 12.8 Å². The highest BCUT2D eigenvalue weighted by atomic mass is 19.1. The molecule has 23 heavy (non-hydrogen) atoms. The van der Waals surface area contributed by atoms with E-state index in [9.17, 15) is 9.18 Å². The summed E-state index contributed by atoms with van der Waals surface area (Å²) in [4.78, 5) is 13.8. The summed E-state index contributed by atoms with van der Waals surface area (Å²) in [6.07, 6.45) is 1.52. The van der Waals surface area contributed by atoms with E-state index in [0.29, 0.717) is 25.4 Å². The number of likely N-dealkylation sites (tertiary alicyclic amines) is 1. The number of rotatable bonds is 3. The third-order valence-corrected chi connectivity index (χ3v) is 3.60. The van der Waals surface area contributed by atoms with E-state index in [4.69, 9.17) is 15.2 Å². The Labute approximate surface area is 136 Å².